The van der Waals surface area contributed by atoms with Crippen LogP contribution in [0.3, 0.4) is 0 Å². The van der Waals surface area contributed by atoms with Crippen LogP contribution in [0.1, 0.15) is 132 Å². The molecule has 2 aliphatic heterocycles. The summed E-state index contributed by atoms with van der Waals surface area (Å²) in [6.07, 6.45) is 9.78. The summed E-state index contributed by atoms with van der Waals surface area (Å²) in [4.78, 5) is 50.4. The number of rotatable bonds is 15. The topological polar surface area (TPSA) is 208 Å². The number of carbonyl (C=O) groups excluding carboxylic acids is 2. The van der Waals surface area contributed by atoms with Crippen molar-refractivity contribution in [1.82, 2.24) is 50.1 Å². The highest BCUT2D eigenvalue weighted by Crippen LogP contribution is 2.47. The quantitative estimate of drug-likeness (QED) is 0.0763. The average molecular weight is 1070 g/mol. The lowest BCUT2D eigenvalue weighted by Crippen LogP contribution is -2.27. The van der Waals surface area contributed by atoms with E-state index in [1.165, 1.54) is 12.8 Å². The number of nitrogens with two attached hydrogens (primary N) is 1. The van der Waals surface area contributed by atoms with Gasteiger partial charge in [-0.05, 0) is 174 Å². The minimum absolute atomic E-state index is 0.0511. The van der Waals surface area contributed by atoms with Gasteiger partial charge in [-0.2, -0.15) is 10.2 Å². The van der Waals surface area contributed by atoms with Gasteiger partial charge in [0.25, 0.3) is 11.8 Å². The molecule has 2 saturated heterocycles. The molecule has 0 radical (unpaired) electrons. The van der Waals surface area contributed by atoms with Crippen LogP contribution in [0.25, 0.3) is 0 Å². The van der Waals surface area contributed by atoms with Crippen molar-refractivity contribution < 1.29 is 19.1 Å². The molecule has 18 nitrogen and oxygen atoms in total. The highest BCUT2D eigenvalue weighted by molar-refractivity contribution is 5.96. The van der Waals surface area contributed by atoms with E-state index < -0.39 is 0 Å². The van der Waals surface area contributed by atoms with E-state index in [0.29, 0.717) is 42.3 Å². The predicted octanol–water partition coefficient (Wildman–Crippen LogP) is 8.25. The van der Waals surface area contributed by atoms with Gasteiger partial charge in [0.1, 0.15) is 34.8 Å². The molecule has 2 saturated carbocycles. The molecule has 0 spiro atoms. The number of anilines is 4. The first-order valence-electron chi connectivity index (χ1n) is 28.0. The molecular formula is C61H72N14O4. The fraction of sp³-hybridized carbons (Fsp3) is 0.443. The van der Waals surface area contributed by atoms with Gasteiger partial charge in [0.05, 0.1) is 61.9 Å². The molecule has 0 bridgehead atoms. The lowest BCUT2D eigenvalue weighted by molar-refractivity contribution is 0.0927. The molecule has 13 rings (SSSR count). The lowest BCUT2D eigenvalue weighted by Gasteiger charge is -2.20. The van der Waals surface area contributed by atoms with Crippen LogP contribution in [-0.4, -0.2) is 91.7 Å². The number of aryl methyl sites for hydroxylation is 6. The third kappa shape index (κ3) is 10.7. The van der Waals surface area contributed by atoms with Crippen molar-refractivity contribution in [2.75, 3.05) is 61.2 Å². The second-order valence-corrected chi connectivity index (χ2v) is 22.9. The number of nitrogens with one attached hydrogen (secondary N) is 3. The zero-order chi connectivity index (χ0) is 54.8. The fourth-order valence-electron chi connectivity index (χ4n) is 12.6. The van der Waals surface area contributed by atoms with Crippen LogP contribution in [0.15, 0.2) is 67.0 Å². The molecule has 18 heteroatoms. The van der Waals surface area contributed by atoms with E-state index in [4.69, 9.17) is 30.2 Å². The summed E-state index contributed by atoms with van der Waals surface area (Å²) in [5, 5.41) is 19.3. The summed E-state index contributed by atoms with van der Waals surface area (Å²) in [5.74, 6) is 8.37. The fourth-order valence-corrected chi connectivity index (χ4v) is 12.6. The summed E-state index contributed by atoms with van der Waals surface area (Å²) < 4.78 is 14.6. The van der Waals surface area contributed by atoms with Gasteiger partial charge in [0, 0.05) is 79.5 Å². The van der Waals surface area contributed by atoms with E-state index in [0.717, 1.165) is 172 Å². The highest BCUT2D eigenvalue weighted by Gasteiger charge is 2.46. The first kappa shape index (κ1) is 51.7. The van der Waals surface area contributed by atoms with Gasteiger partial charge in [-0.25, -0.2) is 19.9 Å². The molecule has 5 N–H and O–H groups in total. The van der Waals surface area contributed by atoms with E-state index in [-0.39, 0.29) is 23.9 Å². The third-order valence-corrected chi connectivity index (χ3v) is 17.3. The summed E-state index contributed by atoms with van der Waals surface area (Å²) >= 11 is 0. The Morgan fingerprint density at radius 1 is 0.595 bits per heavy atom. The number of benzene rings is 1. The molecule has 410 valence electrons. The summed E-state index contributed by atoms with van der Waals surface area (Å²) in [7, 11) is 3.30. The second-order valence-electron chi connectivity index (χ2n) is 22.9. The minimum Gasteiger partial charge on any atom is -0.497 e. The zero-order valence-corrected chi connectivity index (χ0v) is 46.7. The molecule has 7 aromatic rings. The van der Waals surface area contributed by atoms with Crippen molar-refractivity contribution in [1.29, 1.82) is 0 Å². The highest BCUT2D eigenvalue weighted by atomic mass is 16.5. The van der Waals surface area contributed by atoms with Crippen molar-refractivity contribution in [3.8, 4) is 11.5 Å². The standard InChI is InChI=1S/C35H41N7O3.C26H31N7O/c1-20-12-29-28(34(37-20)36-15-23-6-8-27(44-4)14-32(23)45-5)9-10-31(29)39-35(43)30-19-42(40-22(30)3)18-24-7-11-33(38-21(24)2)41-16-25-13-26(25)17-41;1-14-8-21-20(25(27)28-14)5-6-23(21)30-26(34)22-13-33(31-16(22)3)12-17-4-7-24(29-15(17)2)32-10-18-9-19(18)11-32/h6-8,11-12,14,19,25-26,31H,9-10,13,15-18H2,1-5H3,(H,36,37)(H,39,43);4,7-8,13,18-19,23H,5-6,9-12H2,1-3H3,(H2,27,28)(H,30,34)/t25?,26?,31-;18?,19?,23-/m11/s1. The molecule has 2 amide bonds. The molecular weight excluding hydrogens is 993 g/mol. The largest absolute Gasteiger partial charge is 0.497 e. The lowest BCUT2D eigenvalue weighted by atomic mass is 10.1. The Labute approximate surface area is 461 Å². The maximum Gasteiger partial charge on any atom is 0.255 e. The average Bonchev–Trinajstić information content (AvgIpc) is 4.06. The number of carbonyl (C=O) groups is 2. The van der Waals surface area contributed by atoms with E-state index >= 15 is 0 Å². The zero-order valence-electron chi connectivity index (χ0n) is 46.7. The number of ether oxygens (including phenoxy) is 2. The summed E-state index contributed by atoms with van der Waals surface area (Å²) in [6.45, 7) is 18.1. The van der Waals surface area contributed by atoms with Crippen LogP contribution in [0.2, 0.25) is 0 Å². The van der Waals surface area contributed by atoms with Crippen LogP contribution in [0, 0.1) is 65.2 Å². The van der Waals surface area contributed by atoms with Crippen molar-refractivity contribution in [2.24, 2.45) is 23.7 Å². The number of nitrogen functional groups attached to an aromatic ring is 1. The molecule has 1 aromatic carbocycles. The number of aromatic nitrogens is 8. The number of hydrogen-bond donors (Lipinski definition) is 4. The monoisotopic (exact) mass is 1060 g/mol. The van der Waals surface area contributed by atoms with Gasteiger partial charge in [0.2, 0.25) is 0 Å². The van der Waals surface area contributed by atoms with Crippen LogP contribution >= 0.6 is 0 Å². The van der Waals surface area contributed by atoms with Crippen molar-refractivity contribution >= 4 is 35.1 Å². The number of hydrogen-bond acceptors (Lipinski definition) is 14. The number of nitrogens with zero attached hydrogens (tertiary/aromatic N) is 10. The first-order chi connectivity index (χ1) is 38.1. The van der Waals surface area contributed by atoms with Crippen LogP contribution in [0.5, 0.6) is 11.5 Å². The van der Waals surface area contributed by atoms with E-state index in [1.807, 2.05) is 73.7 Å². The van der Waals surface area contributed by atoms with Crippen molar-refractivity contribution in [3.05, 3.63) is 151 Å². The Hall–Kier alpha value is -8.02. The number of pyridine rings is 4. The maximum atomic E-state index is 13.6. The molecule has 8 heterocycles. The van der Waals surface area contributed by atoms with Gasteiger partial charge >= 0.3 is 0 Å². The van der Waals surface area contributed by atoms with Gasteiger partial charge < -0.3 is 41.0 Å². The van der Waals surface area contributed by atoms with Gasteiger partial charge in [-0.3, -0.25) is 19.0 Å². The Balaban J connectivity index is 0.000000164. The molecule has 4 aliphatic carbocycles. The SMILES string of the molecule is COc1ccc(CNc2nc(C)cc3c2CC[C@H]3NC(=O)c2cn(Cc3ccc(N4CC5CC5C4)nc3C)nc2C)c(OC)c1.Cc1cc2c(c(N)n1)CC[C@H]2NC(=O)c1cn(Cc2ccc(N3CC4CC4C3)nc2C)nc1C. The molecule has 6 aromatic heterocycles. The number of methoxy groups -OCH3 is 2. The Bertz CT molecular complexity index is 3490. The van der Waals surface area contributed by atoms with Gasteiger partial charge in [-0.1, -0.05) is 12.1 Å². The summed E-state index contributed by atoms with van der Waals surface area (Å²) in [6, 6.07) is 18.3. The smallest absolute Gasteiger partial charge is 0.255 e. The van der Waals surface area contributed by atoms with Gasteiger partial charge in [0.15, 0.2) is 0 Å². The van der Waals surface area contributed by atoms with Crippen LogP contribution < -0.4 is 41.0 Å². The van der Waals surface area contributed by atoms with E-state index in [2.05, 4.69) is 85.1 Å². The Kier molecular flexibility index (Phi) is 13.7. The Morgan fingerprint density at radius 2 is 1.09 bits per heavy atom. The number of amides is 2. The molecule has 4 fully saturated rings. The van der Waals surface area contributed by atoms with Crippen LogP contribution in [0.4, 0.5) is 23.3 Å². The molecule has 79 heavy (non-hydrogen) atoms. The first-order valence-corrected chi connectivity index (χ1v) is 28.0. The number of fused-ring (bicyclic) bond motifs is 4. The molecule has 6 aliphatic rings. The van der Waals surface area contributed by atoms with E-state index in [1.54, 1.807) is 14.2 Å². The molecule has 4 unspecified atom stereocenters. The Morgan fingerprint density at radius 3 is 1.59 bits per heavy atom. The van der Waals surface area contributed by atoms with Crippen molar-refractivity contribution in [2.45, 2.75) is 112 Å². The van der Waals surface area contributed by atoms with Crippen molar-refractivity contribution in [3.63, 3.8) is 0 Å². The normalized spacial score (nSPS) is 20.9. The minimum atomic E-state index is -0.110. The maximum absolute atomic E-state index is 13.6. The summed E-state index contributed by atoms with van der Waals surface area (Å²) in [5.41, 5.74) is 20.2. The second kappa shape index (κ2) is 21.0. The predicted molar refractivity (Wildman–Crippen MR) is 304 cm³/mol. The third-order valence-electron chi connectivity index (χ3n) is 17.3. The number of piperidine rings is 2. The van der Waals surface area contributed by atoms with Crippen LogP contribution in [-0.2, 0) is 32.5 Å². The van der Waals surface area contributed by atoms with Gasteiger partial charge in [-0.15, -0.1) is 0 Å². The van der Waals surface area contributed by atoms with E-state index in [9.17, 15) is 9.59 Å². The molecule has 6 atom stereocenters.